The van der Waals surface area contributed by atoms with Gasteiger partial charge >= 0.3 is 6.18 Å². The summed E-state index contributed by atoms with van der Waals surface area (Å²) in [7, 11) is -4.70. The maximum absolute atomic E-state index is 12.9. The molecule has 2 heterocycles. The Labute approximate surface area is 224 Å². The summed E-state index contributed by atoms with van der Waals surface area (Å²) in [5.41, 5.74) is -0.572. The molecule has 9 nitrogen and oxygen atoms in total. The fraction of sp³-hybridized carbons (Fsp3) is 0.333. The molecule has 1 atom stereocenters. The van der Waals surface area contributed by atoms with Gasteiger partial charge in [0.15, 0.2) is 5.01 Å². The van der Waals surface area contributed by atoms with Gasteiger partial charge in [0.05, 0.1) is 26.7 Å². The lowest BCUT2D eigenvalue weighted by molar-refractivity contribution is -0.147. The molecule has 16 heteroatoms. The Hall–Kier alpha value is -2.36. The number of nitrogens with one attached hydrogen (secondary N) is 2. The van der Waals surface area contributed by atoms with E-state index in [0.29, 0.717) is 6.92 Å². The Bertz CT molecular complexity index is 1410. The third-order valence-corrected chi connectivity index (χ3v) is 8.38. The van der Waals surface area contributed by atoms with Gasteiger partial charge in [-0.3, -0.25) is 14.8 Å². The van der Waals surface area contributed by atoms with Crippen molar-refractivity contribution in [3.05, 3.63) is 45.8 Å². The van der Waals surface area contributed by atoms with Gasteiger partial charge in [-0.15, -0.1) is 11.3 Å². The molecule has 0 fully saturated rings. The van der Waals surface area contributed by atoms with Crippen molar-refractivity contribution in [1.29, 1.82) is 0 Å². The molecule has 0 aliphatic rings. The van der Waals surface area contributed by atoms with Crippen LogP contribution in [0.5, 0.6) is 0 Å². The van der Waals surface area contributed by atoms with Gasteiger partial charge in [-0.25, -0.2) is 13.4 Å². The Balaban J connectivity index is 2.09. The number of sulfonamides is 1. The maximum atomic E-state index is 12.9. The largest absolute Gasteiger partial charge is 0.404 e. The third-order valence-electron chi connectivity index (χ3n) is 4.71. The molecule has 200 valence electrons. The molecule has 0 bridgehead atoms. The fourth-order valence-corrected chi connectivity index (χ4v) is 6.02. The zero-order valence-corrected chi connectivity index (χ0v) is 22.5. The van der Waals surface area contributed by atoms with Crippen LogP contribution in [0.1, 0.15) is 30.6 Å². The molecule has 3 N–H and O–H groups in total. The summed E-state index contributed by atoms with van der Waals surface area (Å²) >= 11 is 13.5. The molecule has 0 aliphatic heterocycles. The number of aromatic nitrogens is 3. The summed E-state index contributed by atoms with van der Waals surface area (Å²) < 4.78 is 65.4. The van der Waals surface area contributed by atoms with Gasteiger partial charge in [-0.05, 0) is 26.8 Å². The number of rotatable bonds is 8. The van der Waals surface area contributed by atoms with Crippen LogP contribution in [0.25, 0.3) is 21.8 Å². The van der Waals surface area contributed by atoms with E-state index >= 15 is 0 Å². The topological polar surface area (TPSA) is 134 Å². The Morgan fingerprint density at radius 1 is 1.19 bits per heavy atom. The lowest BCUT2D eigenvalue weighted by atomic mass is 10.1. The van der Waals surface area contributed by atoms with Gasteiger partial charge in [0.2, 0.25) is 10.0 Å². The van der Waals surface area contributed by atoms with Crippen molar-refractivity contribution >= 4 is 50.5 Å². The predicted octanol–water partition coefficient (Wildman–Crippen LogP) is 4.30. The zero-order chi connectivity index (χ0) is 27.8. The lowest BCUT2D eigenvalue weighted by Gasteiger charge is -2.18. The van der Waals surface area contributed by atoms with Gasteiger partial charge in [-0.1, -0.05) is 29.3 Å². The molecule has 1 unspecified atom stereocenters. The first kappa shape index (κ1) is 29.2. The first-order chi connectivity index (χ1) is 17.0. The highest BCUT2D eigenvalue weighted by molar-refractivity contribution is 7.89. The summed E-state index contributed by atoms with van der Waals surface area (Å²) in [6, 6.07) is -0.127. The van der Waals surface area contributed by atoms with E-state index in [0.717, 1.165) is 17.4 Å². The Morgan fingerprint density at radius 2 is 1.86 bits per heavy atom. The number of carbonyl (C=O) groups is 1. The second-order valence-electron chi connectivity index (χ2n) is 8.41. The second kappa shape index (κ2) is 10.8. The fourth-order valence-electron chi connectivity index (χ4n) is 2.84. The van der Waals surface area contributed by atoms with Gasteiger partial charge in [0.25, 0.3) is 5.91 Å². The highest BCUT2D eigenvalue weighted by Gasteiger charge is 2.39. The Kier molecular flexibility index (Phi) is 8.51. The van der Waals surface area contributed by atoms with Crippen molar-refractivity contribution in [3.8, 4) is 21.8 Å². The number of carbonyl (C=O) groups excluding carboxylic acids is 1. The molecule has 3 rings (SSSR count). The molecule has 37 heavy (non-hydrogen) atoms. The van der Waals surface area contributed by atoms with E-state index in [1.807, 2.05) is 0 Å². The average molecular weight is 598 g/mol. The van der Waals surface area contributed by atoms with Gasteiger partial charge in [0.1, 0.15) is 22.3 Å². The number of benzene rings is 1. The molecule has 0 radical (unpaired) electrons. The minimum Gasteiger partial charge on any atom is -0.389 e. The number of nitrogens with zero attached hydrogens (tertiary/aromatic N) is 3. The third kappa shape index (κ3) is 6.94. The number of amides is 1. The maximum Gasteiger partial charge on any atom is 0.404 e. The standard InChI is InChI=1S/C21H20Cl2F3N5O4S2/c1-10(21(24,25)26)31-37(34,35)13-5-4-11(14(22)15(13)23)17-16(12-8-27-6-7-28-12)30-19(36-17)18(32)29-9-20(2,3)33/h4-8,10,31,33H,9H2,1-3H3,(H,29,32). The number of hydrogen-bond acceptors (Lipinski definition) is 8. The van der Waals surface area contributed by atoms with Gasteiger partial charge < -0.3 is 10.4 Å². The molecule has 1 amide bonds. The van der Waals surface area contributed by atoms with Crippen molar-refractivity contribution in [3.63, 3.8) is 0 Å². The summed E-state index contributed by atoms with van der Waals surface area (Å²) in [6.07, 6.45) is -0.622. The summed E-state index contributed by atoms with van der Waals surface area (Å²) in [5.74, 6) is -0.602. The molecule has 1 aromatic carbocycles. The van der Waals surface area contributed by atoms with E-state index in [4.69, 9.17) is 23.2 Å². The van der Waals surface area contributed by atoms with Crippen LogP contribution < -0.4 is 10.0 Å². The number of aliphatic hydroxyl groups is 1. The molecule has 0 aliphatic carbocycles. The molecular weight excluding hydrogens is 578 g/mol. The van der Waals surface area contributed by atoms with E-state index in [1.165, 1.54) is 43.2 Å². The monoisotopic (exact) mass is 597 g/mol. The van der Waals surface area contributed by atoms with Gasteiger partial charge in [0, 0.05) is 24.5 Å². The van der Waals surface area contributed by atoms with Crippen LogP contribution in [-0.4, -0.2) is 58.7 Å². The molecule has 0 saturated carbocycles. The average Bonchev–Trinajstić information content (AvgIpc) is 3.23. The van der Waals surface area contributed by atoms with Crippen LogP contribution >= 0.6 is 34.5 Å². The first-order valence-corrected chi connectivity index (χ1v) is 13.4. The van der Waals surface area contributed by atoms with E-state index in [9.17, 15) is 31.5 Å². The van der Waals surface area contributed by atoms with E-state index < -0.39 is 43.7 Å². The number of alkyl halides is 3. The smallest absolute Gasteiger partial charge is 0.389 e. The summed E-state index contributed by atoms with van der Waals surface area (Å²) in [5, 5.41) is 11.6. The number of thiazole rings is 1. The molecule has 0 spiro atoms. The first-order valence-electron chi connectivity index (χ1n) is 10.4. The summed E-state index contributed by atoms with van der Waals surface area (Å²) in [6.45, 7) is 3.60. The van der Waals surface area contributed by atoms with Crippen LogP contribution in [0.3, 0.4) is 0 Å². The molecule has 2 aromatic heterocycles. The van der Waals surface area contributed by atoms with Crippen LogP contribution in [0, 0.1) is 0 Å². The van der Waals surface area contributed by atoms with Crippen molar-refractivity contribution in [2.24, 2.45) is 0 Å². The normalized spacial score (nSPS) is 13.4. The summed E-state index contributed by atoms with van der Waals surface area (Å²) in [4.78, 5) is 24.8. The predicted molar refractivity (Wildman–Crippen MR) is 133 cm³/mol. The van der Waals surface area contributed by atoms with E-state index in [1.54, 1.807) is 0 Å². The Morgan fingerprint density at radius 3 is 2.43 bits per heavy atom. The minimum atomic E-state index is -4.82. The number of hydrogen-bond donors (Lipinski definition) is 3. The van der Waals surface area contributed by atoms with Crippen LogP contribution in [0.15, 0.2) is 35.6 Å². The van der Waals surface area contributed by atoms with Crippen LogP contribution in [0.2, 0.25) is 10.0 Å². The van der Waals surface area contributed by atoms with E-state index in [-0.39, 0.29) is 38.4 Å². The highest BCUT2D eigenvalue weighted by Crippen LogP contribution is 2.43. The SMILES string of the molecule is CC(NS(=O)(=O)c1ccc(-c2sc(C(=O)NCC(C)(C)O)nc2-c2cnccn2)c(Cl)c1Cl)C(F)(F)F. The quantitative estimate of drug-likeness (QED) is 0.352. The minimum absolute atomic E-state index is 0.0236. The second-order valence-corrected chi connectivity index (χ2v) is 11.8. The van der Waals surface area contributed by atoms with Crippen molar-refractivity contribution in [1.82, 2.24) is 25.0 Å². The van der Waals surface area contributed by atoms with Crippen molar-refractivity contribution < 1.29 is 31.5 Å². The van der Waals surface area contributed by atoms with Crippen molar-refractivity contribution in [2.75, 3.05) is 6.54 Å². The number of halogens is 5. The van der Waals surface area contributed by atoms with Crippen molar-refractivity contribution in [2.45, 2.75) is 43.5 Å². The lowest BCUT2D eigenvalue weighted by Crippen LogP contribution is -2.43. The van der Waals surface area contributed by atoms with Gasteiger partial charge in [-0.2, -0.15) is 17.9 Å². The van der Waals surface area contributed by atoms with Crippen LogP contribution in [-0.2, 0) is 10.0 Å². The molecule has 3 aromatic rings. The van der Waals surface area contributed by atoms with Crippen LogP contribution in [0.4, 0.5) is 13.2 Å². The molecule has 0 saturated heterocycles. The molecular formula is C21H20Cl2F3N5O4S2. The highest BCUT2D eigenvalue weighted by atomic mass is 35.5. The zero-order valence-electron chi connectivity index (χ0n) is 19.4. The van der Waals surface area contributed by atoms with E-state index in [2.05, 4.69) is 20.3 Å².